The Hall–Kier alpha value is -3.54. The van der Waals surface area contributed by atoms with E-state index in [2.05, 4.69) is 10.3 Å². The highest BCUT2D eigenvalue weighted by Gasteiger charge is 2.09. The topological polar surface area (TPSA) is 80.4 Å². The Bertz CT molecular complexity index is 961. The number of aromatic amines is 1. The van der Waals surface area contributed by atoms with Crippen molar-refractivity contribution in [2.24, 2.45) is 0 Å². The van der Waals surface area contributed by atoms with Gasteiger partial charge in [-0.05, 0) is 23.3 Å². The zero-order valence-electron chi connectivity index (χ0n) is 14.9. The van der Waals surface area contributed by atoms with Crippen LogP contribution in [-0.2, 0) is 16.1 Å². The van der Waals surface area contributed by atoms with E-state index in [9.17, 15) is 9.59 Å². The first kappa shape index (κ1) is 18.3. The second kappa shape index (κ2) is 8.71. The quantitative estimate of drug-likeness (QED) is 0.650. The molecule has 0 aliphatic carbocycles. The van der Waals surface area contributed by atoms with E-state index >= 15 is 0 Å². The average Bonchev–Trinajstić information content (AvgIpc) is 3.13. The van der Waals surface area contributed by atoms with Crippen LogP contribution in [0.4, 0.5) is 4.79 Å². The fourth-order valence-electron chi connectivity index (χ4n) is 2.58. The van der Waals surface area contributed by atoms with E-state index in [1.54, 1.807) is 6.07 Å². The number of carbonyl (C=O) groups excluding carboxylic acids is 2. The van der Waals surface area contributed by atoms with Gasteiger partial charge in [-0.25, -0.2) is 9.59 Å². The Kier molecular flexibility index (Phi) is 5.89. The molecule has 0 saturated carbocycles. The lowest BCUT2D eigenvalue weighted by molar-refractivity contribution is 0.0595. The van der Waals surface area contributed by atoms with Crippen molar-refractivity contribution < 1.29 is 19.1 Å². The van der Waals surface area contributed by atoms with Crippen molar-refractivity contribution in [1.82, 2.24) is 10.3 Å². The van der Waals surface area contributed by atoms with Gasteiger partial charge in [-0.2, -0.15) is 0 Å². The molecule has 2 N–H and O–H groups in total. The maximum absolute atomic E-state index is 11.7. The highest BCUT2D eigenvalue weighted by molar-refractivity contribution is 5.95. The predicted molar refractivity (Wildman–Crippen MR) is 103 cm³/mol. The van der Waals surface area contributed by atoms with Gasteiger partial charge >= 0.3 is 12.1 Å². The van der Waals surface area contributed by atoms with Crippen molar-refractivity contribution in [3.63, 3.8) is 0 Å². The van der Waals surface area contributed by atoms with E-state index in [0.717, 1.165) is 22.0 Å². The minimum Gasteiger partial charge on any atom is -0.464 e. The molecule has 0 radical (unpaired) electrons. The van der Waals surface area contributed by atoms with Crippen LogP contribution in [0.3, 0.4) is 0 Å². The van der Waals surface area contributed by atoms with Gasteiger partial charge in [-0.15, -0.1) is 0 Å². The smallest absolute Gasteiger partial charge is 0.407 e. The van der Waals surface area contributed by atoms with E-state index in [4.69, 9.17) is 9.47 Å². The molecule has 0 fully saturated rings. The summed E-state index contributed by atoms with van der Waals surface area (Å²) in [7, 11) is 1.35. The molecule has 3 aromatic rings. The molecule has 1 amide bonds. The van der Waals surface area contributed by atoms with Gasteiger partial charge in [-0.3, -0.25) is 0 Å². The predicted octanol–water partition coefficient (Wildman–Crippen LogP) is 3.89. The van der Waals surface area contributed by atoms with E-state index in [-0.39, 0.29) is 6.61 Å². The van der Waals surface area contributed by atoms with Gasteiger partial charge in [-0.1, -0.05) is 54.6 Å². The molecule has 0 saturated heterocycles. The molecule has 0 aliphatic heterocycles. The van der Waals surface area contributed by atoms with Gasteiger partial charge < -0.3 is 19.8 Å². The lowest BCUT2D eigenvalue weighted by Gasteiger charge is -2.05. The number of H-pyrrole nitrogens is 1. The number of carbonyl (C=O) groups is 2. The molecule has 6 heteroatoms. The number of fused-ring (bicyclic) bond motifs is 1. The molecule has 0 unspecified atom stereocenters. The largest absolute Gasteiger partial charge is 0.464 e. The van der Waals surface area contributed by atoms with Crippen LogP contribution >= 0.6 is 0 Å². The van der Waals surface area contributed by atoms with Gasteiger partial charge in [0.1, 0.15) is 12.3 Å². The number of methoxy groups -OCH3 is 1. The lowest BCUT2D eigenvalue weighted by Crippen LogP contribution is -2.24. The highest BCUT2D eigenvalue weighted by atomic mass is 16.5. The van der Waals surface area contributed by atoms with Crippen LogP contribution in [-0.4, -0.2) is 30.7 Å². The monoisotopic (exact) mass is 364 g/mol. The summed E-state index contributed by atoms with van der Waals surface area (Å²) in [5.74, 6) is -0.401. The fraction of sp³-hybridized carbons (Fsp3) is 0.143. The SMILES string of the molecule is COC(=O)c1cc2ccc(C=CCNC(=O)OCc3ccccc3)cc2[nH]1. The summed E-state index contributed by atoms with van der Waals surface area (Å²) in [6.45, 7) is 0.589. The van der Waals surface area contributed by atoms with Gasteiger partial charge in [0, 0.05) is 17.4 Å². The third-order valence-corrected chi connectivity index (χ3v) is 3.94. The Labute approximate surface area is 156 Å². The first-order valence-corrected chi connectivity index (χ1v) is 8.48. The molecular formula is C21H20N2O4. The molecule has 6 nitrogen and oxygen atoms in total. The first-order chi connectivity index (χ1) is 13.2. The zero-order valence-corrected chi connectivity index (χ0v) is 14.9. The van der Waals surface area contributed by atoms with E-state index in [1.807, 2.05) is 60.7 Å². The summed E-state index contributed by atoms with van der Waals surface area (Å²) in [5, 5.41) is 3.60. The zero-order chi connectivity index (χ0) is 19.1. The number of benzene rings is 2. The number of esters is 1. The maximum Gasteiger partial charge on any atom is 0.407 e. The van der Waals surface area contributed by atoms with Crippen LogP contribution in [0.25, 0.3) is 17.0 Å². The molecular weight excluding hydrogens is 344 g/mol. The number of nitrogens with one attached hydrogen (secondary N) is 2. The van der Waals surface area contributed by atoms with Crippen LogP contribution in [0.2, 0.25) is 0 Å². The molecule has 27 heavy (non-hydrogen) atoms. The van der Waals surface area contributed by atoms with E-state index in [0.29, 0.717) is 12.2 Å². The Balaban J connectivity index is 1.50. The van der Waals surface area contributed by atoms with Crippen LogP contribution in [0.15, 0.2) is 60.7 Å². The molecule has 0 bridgehead atoms. The average molecular weight is 364 g/mol. The van der Waals surface area contributed by atoms with Gasteiger partial charge in [0.05, 0.1) is 7.11 Å². The maximum atomic E-state index is 11.7. The molecule has 138 valence electrons. The van der Waals surface area contributed by atoms with Crippen LogP contribution < -0.4 is 5.32 Å². The van der Waals surface area contributed by atoms with Gasteiger partial charge in [0.15, 0.2) is 0 Å². The second-order valence-corrected chi connectivity index (χ2v) is 5.87. The third-order valence-electron chi connectivity index (χ3n) is 3.94. The highest BCUT2D eigenvalue weighted by Crippen LogP contribution is 2.18. The van der Waals surface area contributed by atoms with E-state index in [1.165, 1.54) is 7.11 Å². The van der Waals surface area contributed by atoms with Gasteiger partial charge in [0.2, 0.25) is 0 Å². The first-order valence-electron chi connectivity index (χ1n) is 8.48. The Morgan fingerprint density at radius 1 is 1.11 bits per heavy atom. The number of aromatic nitrogens is 1. The molecule has 0 atom stereocenters. The Morgan fingerprint density at radius 2 is 1.93 bits per heavy atom. The molecule has 0 aliphatic rings. The van der Waals surface area contributed by atoms with Crippen molar-refractivity contribution in [3.8, 4) is 0 Å². The van der Waals surface area contributed by atoms with E-state index < -0.39 is 12.1 Å². The van der Waals surface area contributed by atoms with Crippen molar-refractivity contribution in [2.45, 2.75) is 6.61 Å². The minimum absolute atomic E-state index is 0.238. The lowest BCUT2D eigenvalue weighted by atomic mass is 10.1. The molecule has 3 rings (SSSR count). The summed E-state index contributed by atoms with van der Waals surface area (Å²) >= 11 is 0. The summed E-state index contributed by atoms with van der Waals surface area (Å²) in [5.41, 5.74) is 3.14. The molecule has 1 aromatic heterocycles. The number of amides is 1. The summed E-state index contributed by atoms with van der Waals surface area (Å²) in [6, 6.07) is 17.0. The number of rotatable bonds is 6. The van der Waals surface area contributed by atoms with Crippen molar-refractivity contribution >= 4 is 29.0 Å². The number of hydrogen-bond acceptors (Lipinski definition) is 4. The van der Waals surface area contributed by atoms with Gasteiger partial charge in [0.25, 0.3) is 0 Å². The molecule has 2 aromatic carbocycles. The van der Waals surface area contributed by atoms with Crippen LogP contribution in [0.5, 0.6) is 0 Å². The van der Waals surface area contributed by atoms with Crippen LogP contribution in [0, 0.1) is 0 Å². The molecule has 0 spiro atoms. The number of hydrogen-bond donors (Lipinski definition) is 2. The van der Waals surface area contributed by atoms with Crippen LogP contribution in [0.1, 0.15) is 21.6 Å². The number of alkyl carbamates (subject to hydrolysis) is 1. The second-order valence-electron chi connectivity index (χ2n) is 5.87. The molecule has 1 heterocycles. The summed E-state index contributed by atoms with van der Waals surface area (Å²) in [6.07, 6.45) is 3.25. The third kappa shape index (κ3) is 4.98. The summed E-state index contributed by atoms with van der Waals surface area (Å²) < 4.78 is 9.85. The van der Waals surface area contributed by atoms with Crippen molar-refractivity contribution in [3.05, 3.63) is 77.5 Å². The van der Waals surface area contributed by atoms with Crippen molar-refractivity contribution in [1.29, 1.82) is 0 Å². The van der Waals surface area contributed by atoms with Crippen molar-refractivity contribution in [2.75, 3.05) is 13.7 Å². The minimum atomic E-state index is -0.467. The Morgan fingerprint density at radius 3 is 2.70 bits per heavy atom. The normalized spacial score (nSPS) is 10.9. The summed E-state index contributed by atoms with van der Waals surface area (Å²) in [4.78, 5) is 26.3. The fourth-order valence-corrected chi connectivity index (χ4v) is 2.58. The number of ether oxygens (including phenoxy) is 2. The standard InChI is InChI=1S/C21H20N2O4/c1-26-20(24)19-13-17-10-9-15(12-18(17)23-19)8-5-11-22-21(25)27-14-16-6-3-2-4-7-16/h2-10,12-13,23H,11,14H2,1H3,(H,22,25).